The van der Waals surface area contributed by atoms with Crippen LogP contribution in [-0.2, 0) is 29.1 Å². The minimum atomic E-state index is -0.0729. The van der Waals surface area contributed by atoms with Crippen molar-refractivity contribution in [1.29, 1.82) is 0 Å². The smallest absolute Gasteiger partial charge is 0.251 e. The first-order valence-electron chi connectivity index (χ1n) is 11.1. The first-order chi connectivity index (χ1) is 14.7. The van der Waals surface area contributed by atoms with E-state index >= 15 is 0 Å². The van der Waals surface area contributed by atoms with Gasteiger partial charge in [0.25, 0.3) is 5.91 Å². The fraction of sp³-hybridized carbons (Fsp3) is 0.385. The van der Waals surface area contributed by atoms with Gasteiger partial charge in [0.1, 0.15) is 0 Å². The molecule has 1 unspecified atom stereocenters. The van der Waals surface area contributed by atoms with Gasteiger partial charge in [-0.05, 0) is 47.9 Å². The van der Waals surface area contributed by atoms with Crippen molar-refractivity contribution in [2.45, 2.75) is 64.6 Å². The van der Waals surface area contributed by atoms with Crippen LogP contribution in [0.4, 0.5) is 0 Å². The van der Waals surface area contributed by atoms with Crippen molar-refractivity contribution in [3.8, 4) is 0 Å². The lowest BCUT2D eigenvalue weighted by Crippen LogP contribution is -2.36. The molecule has 1 N–H and O–H groups in total. The van der Waals surface area contributed by atoms with Gasteiger partial charge in [0.05, 0.1) is 12.5 Å². The zero-order valence-electron chi connectivity index (χ0n) is 17.7. The molecule has 2 amide bonds. The molecule has 0 aromatic heterocycles. The van der Waals surface area contributed by atoms with Crippen LogP contribution in [0.15, 0.2) is 65.7 Å². The Morgan fingerprint density at radius 3 is 2.47 bits per heavy atom. The summed E-state index contributed by atoms with van der Waals surface area (Å²) in [6, 6.07) is 18.6. The third kappa shape index (κ3) is 4.48. The molecular formula is C26H30N2O2. The van der Waals surface area contributed by atoms with E-state index in [9.17, 15) is 9.59 Å². The normalized spacial score (nSPS) is 18.5. The molecule has 4 rings (SSSR count). The number of benzene rings is 2. The first-order valence-corrected chi connectivity index (χ1v) is 11.1. The summed E-state index contributed by atoms with van der Waals surface area (Å²) in [4.78, 5) is 27.9. The Hall–Kier alpha value is -2.88. The van der Waals surface area contributed by atoms with Crippen LogP contribution in [0, 0.1) is 0 Å². The highest BCUT2D eigenvalue weighted by Crippen LogP contribution is 2.38. The number of rotatable bonds is 7. The number of aryl methyl sites for hydroxylation is 1. The molecule has 2 aromatic carbocycles. The number of hydrogen-bond acceptors (Lipinski definition) is 2. The van der Waals surface area contributed by atoms with Crippen molar-refractivity contribution in [2.75, 3.05) is 0 Å². The Morgan fingerprint density at radius 2 is 1.73 bits per heavy atom. The van der Waals surface area contributed by atoms with Gasteiger partial charge in [-0.15, -0.1) is 0 Å². The van der Waals surface area contributed by atoms with Crippen molar-refractivity contribution < 1.29 is 9.59 Å². The van der Waals surface area contributed by atoms with E-state index in [1.165, 1.54) is 11.1 Å². The van der Waals surface area contributed by atoms with Gasteiger partial charge in [-0.1, -0.05) is 67.9 Å². The van der Waals surface area contributed by atoms with Gasteiger partial charge in [-0.3, -0.25) is 9.59 Å². The SMILES string of the molecule is CCc1ccc(CNC(=O)CC2=C3CCCCC3N(Cc3ccccc3)C2=O)cc1. The lowest BCUT2D eigenvalue weighted by Gasteiger charge is -2.30. The maximum absolute atomic E-state index is 13.2. The van der Waals surface area contributed by atoms with Gasteiger partial charge in [0.15, 0.2) is 0 Å². The van der Waals surface area contributed by atoms with Crippen molar-refractivity contribution in [1.82, 2.24) is 10.2 Å². The van der Waals surface area contributed by atoms with E-state index in [0.717, 1.165) is 48.8 Å². The van der Waals surface area contributed by atoms with E-state index in [1.807, 2.05) is 23.1 Å². The zero-order chi connectivity index (χ0) is 20.9. The number of carbonyl (C=O) groups is 2. The summed E-state index contributed by atoms with van der Waals surface area (Å²) in [5.41, 5.74) is 5.43. The summed E-state index contributed by atoms with van der Waals surface area (Å²) < 4.78 is 0. The Labute approximate surface area is 179 Å². The third-order valence-corrected chi connectivity index (χ3v) is 6.31. The fourth-order valence-electron chi connectivity index (χ4n) is 4.61. The summed E-state index contributed by atoms with van der Waals surface area (Å²) >= 11 is 0. The van der Waals surface area contributed by atoms with E-state index < -0.39 is 0 Å². The summed E-state index contributed by atoms with van der Waals surface area (Å²) in [5, 5.41) is 3.00. The van der Waals surface area contributed by atoms with Crippen LogP contribution in [0.25, 0.3) is 0 Å². The first kappa shape index (κ1) is 20.4. The minimum Gasteiger partial charge on any atom is -0.352 e. The van der Waals surface area contributed by atoms with Crippen LogP contribution in [0.3, 0.4) is 0 Å². The highest BCUT2D eigenvalue weighted by atomic mass is 16.2. The second kappa shape index (κ2) is 9.29. The maximum Gasteiger partial charge on any atom is 0.251 e. The Balaban J connectivity index is 1.42. The summed E-state index contributed by atoms with van der Waals surface area (Å²) in [5.74, 6) is -0.0282. The molecule has 4 nitrogen and oxygen atoms in total. The average Bonchev–Trinajstić information content (AvgIpc) is 3.05. The standard InChI is InChI=1S/C26H30N2O2/c1-2-19-12-14-20(15-13-19)17-27-25(29)16-23-22-10-6-7-11-24(22)28(26(23)30)18-21-8-4-3-5-9-21/h3-5,8-9,12-15,24H,2,6-7,10-11,16-18H2,1H3,(H,27,29). The molecule has 1 aliphatic heterocycles. The number of amides is 2. The number of fused-ring (bicyclic) bond motifs is 1. The highest BCUT2D eigenvalue weighted by molar-refractivity contribution is 6.02. The Morgan fingerprint density at radius 1 is 1.00 bits per heavy atom. The molecule has 1 aliphatic carbocycles. The van der Waals surface area contributed by atoms with E-state index in [0.29, 0.717) is 13.1 Å². The number of hydrogen-bond donors (Lipinski definition) is 1. The van der Waals surface area contributed by atoms with Crippen molar-refractivity contribution in [3.05, 3.63) is 82.4 Å². The molecular weight excluding hydrogens is 372 g/mol. The van der Waals surface area contributed by atoms with Gasteiger partial charge in [-0.2, -0.15) is 0 Å². The molecule has 1 fully saturated rings. The number of carbonyl (C=O) groups excluding carboxylic acids is 2. The fourth-order valence-corrected chi connectivity index (χ4v) is 4.61. The molecule has 1 atom stereocenters. The van der Waals surface area contributed by atoms with Gasteiger partial charge in [-0.25, -0.2) is 0 Å². The van der Waals surface area contributed by atoms with Gasteiger partial charge >= 0.3 is 0 Å². The van der Waals surface area contributed by atoms with Gasteiger partial charge in [0.2, 0.25) is 5.91 Å². The minimum absolute atomic E-state index is 0.0446. The van der Waals surface area contributed by atoms with Crippen LogP contribution < -0.4 is 5.32 Å². The van der Waals surface area contributed by atoms with E-state index in [-0.39, 0.29) is 24.3 Å². The predicted octanol–water partition coefficient (Wildman–Crippen LogP) is 4.54. The number of nitrogens with zero attached hydrogens (tertiary/aromatic N) is 1. The maximum atomic E-state index is 13.2. The molecule has 30 heavy (non-hydrogen) atoms. The van der Waals surface area contributed by atoms with Crippen LogP contribution in [0.1, 0.15) is 55.7 Å². The molecule has 0 radical (unpaired) electrons. The van der Waals surface area contributed by atoms with Crippen molar-refractivity contribution in [2.24, 2.45) is 0 Å². The average molecular weight is 403 g/mol. The quantitative estimate of drug-likeness (QED) is 0.739. The molecule has 2 aliphatic rings. The topological polar surface area (TPSA) is 49.4 Å². The van der Waals surface area contributed by atoms with E-state index in [4.69, 9.17) is 0 Å². The molecule has 0 spiro atoms. The summed E-state index contributed by atoms with van der Waals surface area (Å²) in [7, 11) is 0. The molecule has 4 heteroatoms. The van der Waals surface area contributed by atoms with Crippen molar-refractivity contribution in [3.63, 3.8) is 0 Å². The third-order valence-electron chi connectivity index (χ3n) is 6.31. The second-order valence-corrected chi connectivity index (χ2v) is 8.31. The van der Waals surface area contributed by atoms with Crippen LogP contribution in [0.2, 0.25) is 0 Å². The molecule has 0 saturated heterocycles. The Bertz CT molecular complexity index is 931. The van der Waals surface area contributed by atoms with Gasteiger partial charge < -0.3 is 10.2 Å². The van der Waals surface area contributed by atoms with Crippen LogP contribution >= 0.6 is 0 Å². The van der Waals surface area contributed by atoms with Gasteiger partial charge in [0, 0.05) is 18.7 Å². The lowest BCUT2D eigenvalue weighted by atomic mass is 9.88. The van der Waals surface area contributed by atoms with Crippen molar-refractivity contribution >= 4 is 11.8 Å². The van der Waals surface area contributed by atoms with E-state index in [1.54, 1.807) is 0 Å². The van der Waals surface area contributed by atoms with E-state index in [2.05, 4.69) is 48.6 Å². The number of nitrogens with one attached hydrogen (secondary N) is 1. The largest absolute Gasteiger partial charge is 0.352 e. The second-order valence-electron chi connectivity index (χ2n) is 8.31. The van der Waals surface area contributed by atoms with Crippen LogP contribution in [-0.4, -0.2) is 22.8 Å². The lowest BCUT2D eigenvalue weighted by molar-refractivity contribution is -0.129. The monoisotopic (exact) mass is 402 g/mol. The molecule has 156 valence electrons. The molecule has 1 heterocycles. The zero-order valence-corrected chi connectivity index (χ0v) is 17.7. The highest BCUT2D eigenvalue weighted by Gasteiger charge is 2.40. The summed E-state index contributed by atoms with van der Waals surface area (Å²) in [6.07, 6.45) is 5.37. The molecule has 1 saturated carbocycles. The molecule has 0 bridgehead atoms. The summed E-state index contributed by atoms with van der Waals surface area (Å²) in [6.45, 7) is 3.24. The predicted molar refractivity (Wildman–Crippen MR) is 119 cm³/mol. The van der Waals surface area contributed by atoms with Crippen LogP contribution in [0.5, 0.6) is 0 Å². The Kier molecular flexibility index (Phi) is 6.32. The molecule has 2 aromatic rings.